The second kappa shape index (κ2) is 7.52. The normalized spacial score (nSPS) is 22.4. The second-order valence-electron chi connectivity index (χ2n) is 6.50. The Morgan fingerprint density at radius 1 is 1.28 bits per heavy atom. The van der Waals surface area contributed by atoms with E-state index in [1.54, 1.807) is 12.1 Å². The van der Waals surface area contributed by atoms with Gasteiger partial charge in [0.1, 0.15) is 0 Å². The zero-order chi connectivity index (χ0) is 17.9. The van der Waals surface area contributed by atoms with E-state index in [2.05, 4.69) is 16.7 Å². The summed E-state index contributed by atoms with van der Waals surface area (Å²) < 4.78 is 27.0. The van der Waals surface area contributed by atoms with Crippen LogP contribution in [0.4, 0.5) is 0 Å². The Labute approximate surface area is 148 Å². The van der Waals surface area contributed by atoms with E-state index < -0.39 is 10.0 Å². The van der Waals surface area contributed by atoms with E-state index in [9.17, 15) is 13.2 Å². The van der Waals surface area contributed by atoms with Crippen LogP contribution in [0.1, 0.15) is 29.6 Å². The number of amides is 1. The Morgan fingerprint density at radius 3 is 2.68 bits per heavy atom. The fraction of sp³-hybridized carbons (Fsp3) is 0.529. The number of rotatable bonds is 4. The first-order valence-corrected chi connectivity index (χ1v) is 9.96. The van der Waals surface area contributed by atoms with Crippen molar-refractivity contribution in [2.24, 2.45) is 5.92 Å². The topological polar surface area (TPSA) is 102 Å². The Bertz CT molecular complexity index is 773. The first kappa shape index (κ1) is 17.9. The number of carbonyl (C=O) groups excluding carboxylic acids is 1. The van der Waals surface area contributed by atoms with Crippen LogP contribution in [-0.4, -0.2) is 50.9 Å². The average molecular weight is 362 g/mol. The van der Waals surface area contributed by atoms with Crippen LogP contribution >= 0.6 is 0 Å². The Hall–Kier alpha value is -1.95. The number of carbonyl (C=O) groups is 1. The Balaban J connectivity index is 1.74. The van der Waals surface area contributed by atoms with Crippen molar-refractivity contribution >= 4 is 15.9 Å². The quantitative estimate of drug-likeness (QED) is 0.821. The fourth-order valence-electron chi connectivity index (χ4n) is 3.22. The predicted octanol–water partition coefficient (Wildman–Crippen LogP) is 0.703. The third-order valence-corrected chi connectivity index (χ3v) is 6.66. The Morgan fingerprint density at radius 2 is 2.04 bits per heavy atom. The molecule has 3 rings (SSSR count). The van der Waals surface area contributed by atoms with Gasteiger partial charge in [-0.05, 0) is 44.0 Å². The van der Waals surface area contributed by atoms with Crippen molar-refractivity contribution in [3.63, 3.8) is 0 Å². The lowest BCUT2D eigenvalue weighted by Crippen LogP contribution is -2.38. The van der Waals surface area contributed by atoms with Gasteiger partial charge in [-0.15, -0.1) is 0 Å². The maximum atomic E-state index is 12.8. The van der Waals surface area contributed by atoms with Crippen LogP contribution in [0.25, 0.3) is 0 Å². The molecule has 1 atom stereocenters. The van der Waals surface area contributed by atoms with Crippen LogP contribution in [-0.2, 0) is 10.0 Å². The van der Waals surface area contributed by atoms with Crippen LogP contribution in [0, 0.1) is 17.2 Å². The number of benzene rings is 1. The molecule has 1 amide bonds. The molecule has 1 unspecified atom stereocenters. The standard InChI is InChI=1S/C17H22N4O3S/c18-11-13-5-8-21(9-6-13)25(23,24)16-3-1-2-14(10-16)17(22)20-15-4-7-19-12-15/h1-3,10,13,15,19H,4-9,12H2,(H,20,22). The molecule has 2 heterocycles. The monoisotopic (exact) mass is 362 g/mol. The van der Waals surface area contributed by atoms with Gasteiger partial charge in [0.05, 0.1) is 11.0 Å². The highest BCUT2D eigenvalue weighted by Gasteiger charge is 2.30. The highest BCUT2D eigenvalue weighted by Crippen LogP contribution is 2.24. The number of piperidine rings is 1. The molecule has 7 nitrogen and oxygen atoms in total. The van der Waals surface area contributed by atoms with E-state index in [-0.39, 0.29) is 22.8 Å². The molecule has 0 bridgehead atoms. The number of nitrogens with zero attached hydrogens (tertiary/aromatic N) is 2. The van der Waals surface area contributed by atoms with Crippen LogP contribution in [0.15, 0.2) is 29.2 Å². The number of sulfonamides is 1. The minimum absolute atomic E-state index is 0.0800. The lowest BCUT2D eigenvalue weighted by Gasteiger charge is -2.28. The van der Waals surface area contributed by atoms with Gasteiger partial charge in [-0.25, -0.2) is 8.42 Å². The Kier molecular flexibility index (Phi) is 5.37. The summed E-state index contributed by atoms with van der Waals surface area (Å²) in [6.45, 7) is 2.28. The lowest BCUT2D eigenvalue weighted by atomic mass is 10.0. The molecule has 0 radical (unpaired) electrons. The minimum atomic E-state index is -3.65. The molecule has 2 aliphatic heterocycles. The zero-order valence-corrected chi connectivity index (χ0v) is 14.8. The molecule has 0 saturated carbocycles. The molecule has 2 fully saturated rings. The molecule has 2 N–H and O–H groups in total. The molecule has 25 heavy (non-hydrogen) atoms. The third-order valence-electron chi connectivity index (χ3n) is 4.77. The van der Waals surface area contributed by atoms with Crippen molar-refractivity contribution in [3.05, 3.63) is 29.8 Å². The van der Waals surface area contributed by atoms with Crippen molar-refractivity contribution in [1.29, 1.82) is 5.26 Å². The molecular weight excluding hydrogens is 340 g/mol. The predicted molar refractivity (Wildman–Crippen MR) is 92.3 cm³/mol. The van der Waals surface area contributed by atoms with Crippen molar-refractivity contribution in [3.8, 4) is 6.07 Å². The van der Waals surface area contributed by atoms with Gasteiger partial charge in [0.2, 0.25) is 10.0 Å². The van der Waals surface area contributed by atoms with E-state index >= 15 is 0 Å². The van der Waals surface area contributed by atoms with E-state index in [1.165, 1.54) is 16.4 Å². The van der Waals surface area contributed by atoms with Gasteiger partial charge >= 0.3 is 0 Å². The van der Waals surface area contributed by atoms with Gasteiger partial charge in [0.15, 0.2) is 0 Å². The van der Waals surface area contributed by atoms with Crippen molar-refractivity contribution in [2.75, 3.05) is 26.2 Å². The summed E-state index contributed by atoms with van der Waals surface area (Å²) in [4.78, 5) is 12.5. The van der Waals surface area contributed by atoms with Crippen molar-refractivity contribution < 1.29 is 13.2 Å². The molecule has 2 aliphatic rings. The maximum absolute atomic E-state index is 12.8. The van der Waals surface area contributed by atoms with Crippen LogP contribution in [0.2, 0.25) is 0 Å². The highest BCUT2D eigenvalue weighted by atomic mass is 32.2. The highest BCUT2D eigenvalue weighted by molar-refractivity contribution is 7.89. The van der Waals surface area contributed by atoms with E-state index in [0.29, 0.717) is 31.5 Å². The number of nitrogens with one attached hydrogen (secondary N) is 2. The number of hydrogen-bond acceptors (Lipinski definition) is 5. The summed E-state index contributed by atoms with van der Waals surface area (Å²) in [5, 5.41) is 15.0. The van der Waals surface area contributed by atoms with Gasteiger partial charge in [-0.1, -0.05) is 6.07 Å². The van der Waals surface area contributed by atoms with Crippen LogP contribution < -0.4 is 10.6 Å². The first-order valence-electron chi connectivity index (χ1n) is 8.52. The third kappa shape index (κ3) is 4.00. The van der Waals surface area contributed by atoms with Gasteiger partial charge < -0.3 is 10.6 Å². The zero-order valence-electron chi connectivity index (χ0n) is 13.9. The van der Waals surface area contributed by atoms with Gasteiger partial charge in [0, 0.05) is 37.2 Å². The summed E-state index contributed by atoms with van der Waals surface area (Å²) >= 11 is 0. The number of nitriles is 1. The van der Waals surface area contributed by atoms with Crippen molar-refractivity contribution in [2.45, 2.75) is 30.2 Å². The number of hydrogen-bond donors (Lipinski definition) is 2. The molecular formula is C17H22N4O3S. The van der Waals surface area contributed by atoms with Crippen LogP contribution in [0.5, 0.6) is 0 Å². The van der Waals surface area contributed by atoms with Gasteiger partial charge in [0.25, 0.3) is 5.91 Å². The molecule has 0 aliphatic carbocycles. The average Bonchev–Trinajstić information content (AvgIpc) is 3.15. The smallest absolute Gasteiger partial charge is 0.251 e. The SMILES string of the molecule is N#CC1CCN(S(=O)(=O)c2cccc(C(=O)NC3CCNC3)c2)CC1. The second-order valence-corrected chi connectivity index (χ2v) is 8.44. The first-order chi connectivity index (χ1) is 12.0. The summed E-state index contributed by atoms with van der Waals surface area (Å²) in [5.41, 5.74) is 0.347. The minimum Gasteiger partial charge on any atom is -0.348 e. The summed E-state index contributed by atoms with van der Waals surface area (Å²) in [5.74, 6) is -0.336. The fourth-order valence-corrected chi connectivity index (χ4v) is 4.73. The van der Waals surface area contributed by atoms with E-state index in [0.717, 1.165) is 19.5 Å². The lowest BCUT2D eigenvalue weighted by molar-refractivity contribution is 0.0940. The molecule has 0 aromatic heterocycles. The largest absolute Gasteiger partial charge is 0.348 e. The summed E-state index contributed by atoms with van der Waals surface area (Å²) in [7, 11) is -3.65. The molecule has 8 heteroatoms. The maximum Gasteiger partial charge on any atom is 0.251 e. The van der Waals surface area contributed by atoms with E-state index in [1.807, 2.05) is 0 Å². The van der Waals surface area contributed by atoms with Crippen molar-refractivity contribution in [1.82, 2.24) is 14.9 Å². The van der Waals surface area contributed by atoms with Crippen LogP contribution in [0.3, 0.4) is 0 Å². The molecule has 134 valence electrons. The van der Waals surface area contributed by atoms with E-state index in [4.69, 9.17) is 5.26 Å². The molecule has 1 aromatic carbocycles. The van der Waals surface area contributed by atoms with Gasteiger partial charge in [-0.3, -0.25) is 4.79 Å². The van der Waals surface area contributed by atoms with Gasteiger partial charge in [-0.2, -0.15) is 9.57 Å². The molecule has 2 saturated heterocycles. The summed E-state index contributed by atoms with van der Waals surface area (Å²) in [6, 6.07) is 8.44. The summed E-state index contributed by atoms with van der Waals surface area (Å²) in [6.07, 6.45) is 1.97. The molecule has 0 spiro atoms. The molecule has 1 aromatic rings.